The molecule has 0 radical (unpaired) electrons. The Morgan fingerprint density at radius 3 is 2.56 bits per heavy atom. The van der Waals surface area contributed by atoms with Crippen molar-refractivity contribution in [3.63, 3.8) is 0 Å². The lowest BCUT2D eigenvalue weighted by atomic mass is 10.2. The molecule has 4 heterocycles. The number of hydrogen-bond acceptors (Lipinski definition) is 5. The normalized spacial score (nSPS) is 11.3. The number of carbonyl (C=O) groups excluding carboxylic acids is 1. The second-order valence-corrected chi connectivity index (χ2v) is 8.80. The Hall–Kier alpha value is -3.40. The van der Waals surface area contributed by atoms with Gasteiger partial charge in [-0.1, -0.05) is 40.9 Å². The molecule has 0 saturated carbocycles. The fraction of sp³-hybridized carbons (Fsp3) is 0.136. The van der Waals surface area contributed by atoms with E-state index in [1.807, 2.05) is 20.0 Å². The molecular formula is C22H17Cl3N8O. The molecule has 0 bridgehead atoms. The van der Waals surface area contributed by atoms with Crippen molar-refractivity contribution in [2.75, 3.05) is 5.32 Å². The van der Waals surface area contributed by atoms with E-state index in [0.717, 1.165) is 17.0 Å². The average Bonchev–Trinajstić information content (AvgIpc) is 3.49. The summed E-state index contributed by atoms with van der Waals surface area (Å²) in [5, 5.41) is 17.1. The van der Waals surface area contributed by atoms with Crippen LogP contribution in [0, 0.1) is 6.92 Å². The first-order chi connectivity index (χ1) is 16.3. The van der Waals surface area contributed by atoms with E-state index in [2.05, 4.69) is 25.6 Å². The Morgan fingerprint density at radius 2 is 1.85 bits per heavy atom. The van der Waals surface area contributed by atoms with Crippen molar-refractivity contribution in [1.82, 2.24) is 34.2 Å². The standard InChI is InChI=1S/C22H17Cl3N8O/c1-12-13(9-27-31(12)2)19-6-7-26-20-8-18(29-33(19)20)22(34)28-21-17(25)11-32(30-21)10-14-15(23)4-3-5-16(14)24/h3-9,11H,10H2,1-2H3,(H,28,30,34). The molecule has 1 N–H and O–H groups in total. The van der Waals surface area contributed by atoms with Gasteiger partial charge in [0.05, 0.1) is 18.4 Å². The van der Waals surface area contributed by atoms with Gasteiger partial charge in [0.25, 0.3) is 5.91 Å². The molecule has 172 valence electrons. The van der Waals surface area contributed by atoms with Crippen LogP contribution in [0.25, 0.3) is 16.9 Å². The van der Waals surface area contributed by atoms with Gasteiger partial charge < -0.3 is 5.32 Å². The summed E-state index contributed by atoms with van der Waals surface area (Å²) in [5.41, 5.74) is 4.02. The molecule has 0 aliphatic carbocycles. The Bertz CT molecular complexity index is 1530. The van der Waals surface area contributed by atoms with E-state index in [1.165, 1.54) is 0 Å². The zero-order chi connectivity index (χ0) is 24.0. The molecule has 12 heteroatoms. The summed E-state index contributed by atoms with van der Waals surface area (Å²) in [7, 11) is 1.86. The molecule has 0 unspecified atom stereocenters. The predicted octanol–water partition coefficient (Wildman–Crippen LogP) is 4.90. The van der Waals surface area contributed by atoms with Crippen LogP contribution in [0.3, 0.4) is 0 Å². The smallest absolute Gasteiger partial charge is 0.277 e. The largest absolute Gasteiger partial charge is 0.302 e. The van der Waals surface area contributed by atoms with E-state index in [9.17, 15) is 4.79 Å². The maximum absolute atomic E-state index is 12.9. The Kier molecular flexibility index (Phi) is 5.76. The van der Waals surface area contributed by atoms with Crippen LogP contribution >= 0.6 is 34.8 Å². The van der Waals surface area contributed by atoms with E-state index < -0.39 is 5.91 Å². The number of aromatic nitrogens is 7. The van der Waals surface area contributed by atoms with E-state index in [-0.39, 0.29) is 16.5 Å². The summed E-state index contributed by atoms with van der Waals surface area (Å²) < 4.78 is 4.94. The first-order valence-electron chi connectivity index (χ1n) is 10.1. The van der Waals surface area contributed by atoms with Crippen molar-refractivity contribution >= 4 is 52.2 Å². The number of amides is 1. The van der Waals surface area contributed by atoms with E-state index in [4.69, 9.17) is 34.8 Å². The molecule has 34 heavy (non-hydrogen) atoms. The second-order valence-electron chi connectivity index (χ2n) is 7.57. The molecule has 5 rings (SSSR count). The Balaban J connectivity index is 1.41. The van der Waals surface area contributed by atoms with Crippen molar-refractivity contribution in [2.45, 2.75) is 13.5 Å². The summed E-state index contributed by atoms with van der Waals surface area (Å²) in [4.78, 5) is 17.3. The number of nitrogens with zero attached hydrogens (tertiary/aromatic N) is 7. The summed E-state index contributed by atoms with van der Waals surface area (Å²) in [6.45, 7) is 2.25. The van der Waals surface area contributed by atoms with Gasteiger partial charge >= 0.3 is 0 Å². The van der Waals surface area contributed by atoms with Gasteiger partial charge in [0, 0.05) is 52.4 Å². The summed E-state index contributed by atoms with van der Waals surface area (Å²) in [6, 6.07) is 8.67. The number of rotatable bonds is 5. The van der Waals surface area contributed by atoms with Gasteiger partial charge in [-0.05, 0) is 25.1 Å². The first kappa shape index (κ1) is 22.4. The van der Waals surface area contributed by atoms with Crippen LogP contribution in [-0.2, 0) is 13.6 Å². The zero-order valence-electron chi connectivity index (χ0n) is 18.0. The van der Waals surface area contributed by atoms with Gasteiger partial charge in [0.1, 0.15) is 5.02 Å². The van der Waals surface area contributed by atoms with Gasteiger partial charge in [-0.15, -0.1) is 0 Å². The SMILES string of the molecule is Cc1c(-c2ccnc3cc(C(=O)Nc4nn(Cc5c(Cl)cccc5Cl)cc4Cl)nn23)cnn1C. The molecule has 5 aromatic rings. The molecule has 1 amide bonds. The highest BCUT2D eigenvalue weighted by atomic mass is 35.5. The van der Waals surface area contributed by atoms with Gasteiger partial charge in [0.15, 0.2) is 17.2 Å². The van der Waals surface area contributed by atoms with Gasteiger partial charge in [-0.25, -0.2) is 9.50 Å². The van der Waals surface area contributed by atoms with E-state index in [1.54, 1.807) is 56.7 Å². The van der Waals surface area contributed by atoms with Crippen molar-refractivity contribution in [2.24, 2.45) is 7.05 Å². The second kappa shape index (κ2) is 8.75. The Morgan fingerprint density at radius 1 is 1.09 bits per heavy atom. The highest BCUT2D eigenvalue weighted by Gasteiger charge is 2.19. The van der Waals surface area contributed by atoms with Crippen LogP contribution in [0.5, 0.6) is 0 Å². The number of fused-ring (bicyclic) bond motifs is 1. The van der Waals surface area contributed by atoms with Crippen molar-refractivity contribution in [1.29, 1.82) is 0 Å². The van der Waals surface area contributed by atoms with E-state index in [0.29, 0.717) is 27.8 Å². The molecule has 0 aliphatic rings. The summed E-state index contributed by atoms with van der Waals surface area (Å²) >= 11 is 18.8. The third-order valence-electron chi connectivity index (χ3n) is 5.43. The van der Waals surface area contributed by atoms with Crippen LogP contribution < -0.4 is 5.32 Å². The number of carbonyl (C=O) groups is 1. The van der Waals surface area contributed by atoms with Crippen LogP contribution in [0.15, 0.2) is 48.9 Å². The van der Waals surface area contributed by atoms with Gasteiger partial charge in [-0.3, -0.25) is 14.2 Å². The van der Waals surface area contributed by atoms with Crippen LogP contribution in [0.2, 0.25) is 15.1 Å². The lowest BCUT2D eigenvalue weighted by Crippen LogP contribution is -2.14. The molecule has 0 aliphatic heterocycles. The topological polar surface area (TPSA) is 94.9 Å². The van der Waals surface area contributed by atoms with Crippen LogP contribution in [0.1, 0.15) is 21.7 Å². The Labute approximate surface area is 208 Å². The minimum Gasteiger partial charge on any atom is -0.302 e. The molecule has 0 spiro atoms. The molecular weight excluding hydrogens is 499 g/mol. The third kappa shape index (κ3) is 4.02. The number of benzene rings is 1. The number of nitrogens with one attached hydrogen (secondary N) is 1. The molecule has 1 aromatic carbocycles. The molecule has 0 atom stereocenters. The minimum atomic E-state index is -0.470. The highest BCUT2D eigenvalue weighted by molar-refractivity contribution is 6.36. The fourth-order valence-electron chi connectivity index (χ4n) is 3.54. The lowest BCUT2D eigenvalue weighted by molar-refractivity contribution is 0.102. The fourth-order valence-corrected chi connectivity index (χ4v) is 4.25. The molecule has 9 nitrogen and oxygen atoms in total. The van der Waals surface area contributed by atoms with Crippen LogP contribution in [-0.4, -0.2) is 40.1 Å². The van der Waals surface area contributed by atoms with Crippen molar-refractivity contribution in [3.05, 3.63) is 80.9 Å². The summed E-state index contributed by atoms with van der Waals surface area (Å²) in [6.07, 6.45) is 5.01. The van der Waals surface area contributed by atoms with Gasteiger partial charge in [-0.2, -0.15) is 15.3 Å². The lowest BCUT2D eigenvalue weighted by Gasteiger charge is -2.06. The first-order valence-corrected chi connectivity index (χ1v) is 11.3. The molecule has 0 fully saturated rings. The maximum atomic E-state index is 12.9. The molecule has 4 aromatic heterocycles. The molecule has 0 saturated heterocycles. The minimum absolute atomic E-state index is 0.168. The number of hydrogen-bond donors (Lipinski definition) is 1. The third-order valence-corrected chi connectivity index (χ3v) is 6.42. The monoisotopic (exact) mass is 514 g/mol. The number of halogens is 3. The van der Waals surface area contributed by atoms with Crippen LogP contribution in [0.4, 0.5) is 5.82 Å². The number of anilines is 1. The number of aryl methyl sites for hydroxylation is 1. The van der Waals surface area contributed by atoms with Crippen molar-refractivity contribution < 1.29 is 4.79 Å². The maximum Gasteiger partial charge on any atom is 0.277 e. The quantitative estimate of drug-likeness (QED) is 0.359. The van der Waals surface area contributed by atoms with Crippen molar-refractivity contribution in [3.8, 4) is 11.3 Å². The zero-order valence-corrected chi connectivity index (χ0v) is 20.3. The highest BCUT2D eigenvalue weighted by Crippen LogP contribution is 2.27. The summed E-state index contributed by atoms with van der Waals surface area (Å²) in [5.74, 6) is -0.273. The van der Waals surface area contributed by atoms with Gasteiger partial charge in [0.2, 0.25) is 0 Å². The van der Waals surface area contributed by atoms with E-state index >= 15 is 0 Å². The predicted molar refractivity (Wildman–Crippen MR) is 131 cm³/mol. The average molecular weight is 516 g/mol.